The Balaban J connectivity index is 2.05. The molecule has 0 amide bonds. The van der Waals surface area contributed by atoms with Crippen molar-refractivity contribution in [3.63, 3.8) is 0 Å². The normalized spacial score (nSPS) is 10.2. The number of nitrogens with two attached hydrogens (primary N) is 1. The zero-order valence-corrected chi connectivity index (χ0v) is 10.7. The molecular formula is C14H12ClFN2O. The third-order valence-corrected chi connectivity index (χ3v) is 2.98. The van der Waals surface area contributed by atoms with E-state index in [2.05, 4.69) is 5.32 Å². The fraction of sp³-hybridized carbons (Fsp3) is 0.0714. The Morgan fingerprint density at radius 3 is 2.68 bits per heavy atom. The van der Waals surface area contributed by atoms with Crippen molar-refractivity contribution in [2.45, 2.75) is 0 Å². The van der Waals surface area contributed by atoms with Gasteiger partial charge in [-0.3, -0.25) is 4.79 Å². The maximum atomic E-state index is 13.3. The van der Waals surface area contributed by atoms with Crippen LogP contribution in [0.25, 0.3) is 0 Å². The molecule has 0 aliphatic heterocycles. The summed E-state index contributed by atoms with van der Waals surface area (Å²) in [5.74, 6) is -0.586. The monoisotopic (exact) mass is 278 g/mol. The zero-order chi connectivity index (χ0) is 13.8. The highest BCUT2D eigenvalue weighted by Gasteiger charge is 2.08. The van der Waals surface area contributed by atoms with Gasteiger partial charge >= 0.3 is 0 Å². The first kappa shape index (κ1) is 13.4. The van der Waals surface area contributed by atoms with Crippen LogP contribution in [-0.4, -0.2) is 12.3 Å². The number of nitrogens with one attached hydrogen (secondary N) is 1. The number of carbonyl (C=O) groups excluding carboxylic acids is 1. The van der Waals surface area contributed by atoms with Crippen molar-refractivity contribution in [1.82, 2.24) is 0 Å². The van der Waals surface area contributed by atoms with Gasteiger partial charge < -0.3 is 11.1 Å². The predicted octanol–water partition coefficient (Wildman–Crippen LogP) is 3.36. The lowest BCUT2D eigenvalue weighted by Gasteiger charge is -2.07. The van der Waals surface area contributed by atoms with E-state index in [1.807, 2.05) is 0 Å². The average molecular weight is 279 g/mol. The minimum Gasteiger partial charge on any atom is -0.398 e. The van der Waals surface area contributed by atoms with Crippen LogP contribution in [-0.2, 0) is 0 Å². The van der Waals surface area contributed by atoms with E-state index >= 15 is 0 Å². The summed E-state index contributed by atoms with van der Waals surface area (Å²) in [6, 6.07) is 10.8. The molecular weight excluding hydrogens is 267 g/mol. The number of halogens is 2. The summed E-state index contributed by atoms with van der Waals surface area (Å²) < 4.78 is 13.3. The van der Waals surface area contributed by atoms with Gasteiger partial charge in [-0.1, -0.05) is 23.7 Å². The number of ketones is 1. The van der Waals surface area contributed by atoms with Crippen LogP contribution in [0.1, 0.15) is 10.4 Å². The molecule has 0 radical (unpaired) electrons. The lowest BCUT2D eigenvalue weighted by molar-refractivity contribution is 0.101. The molecule has 2 aromatic rings. The van der Waals surface area contributed by atoms with Crippen LogP contribution in [0.3, 0.4) is 0 Å². The zero-order valence-electron chi connectivity index (χ0n) is 9.99. The molecule has 0 saturated carbocycles. The molecule has 2 rings (SSSR count). The quantitative estimate of drug-likeness (QED) is 0.666. The first-order valence-electron chi connectivity index (χ1n) is 5.64. The SMILES string of the molecule is Nc1cc(C(=O)CNc2ccccc2F)ccc1Cl. The number of Topliss-reactive ketones (excluding diaryl/α,β-unsaturated/α-hetero) is 1. The van der Waals surface area contributed by atoms with Crippen LogP contribution in [0, 0.1) is 5.82 Å². The Morgan fingerprint density at radius 1 is 1.26 bits per heavy atom. The predicted molar refractivity (Wildman–Crippen MR) is 75.1 cm³/mol. The largest absolute Gasteiger partial charge is 0.398 e. The van der Waals surface area contributed by atoms with Crippen molar-refractivity contribution in [3.8, 4) is 0 Å². The molecule has 0 unspecified atom stereocenters. The van der Waals surface area contributed by atoms with E-state index in [0.717, 1.165) is 0 Å². The Bertz CT molecular complexity index is 616. The molecule has 5 heteroatoms. The second-order valence-corrected chi connectivity index (χ2v) is 4.40. The standard InChI is InChI=1S/C14H12ClFN2O/c15-10-6-5-9(7-12(10)17)14(19)8-18-13-4-2-1-3-11(13)16/h1-7,18H,8,17H2. The number of rotatable bonds is 4. The van der Waals surface area contributed by atoms with Crippen molar-refractivity contribution in [1.29, 1.82) is 0 Å². The maximum Gasteiger partial charge on any atom is 0.181 e. The fourth-order valence-corrected chi connectivity index (χ4v) is 1.72. The number of nitrogen functional groups attached to an aromatic ring is 1. The molecule has 0 saturated heterocycles. The lowest BCUT2D eigenvalue weighted by atomic mass is 10.1. The van der Waals surface area contributed by atoms with E-state index in [-0.39, 0.29) is 18.0 Å². The van der Waals surface area contributed by atoms with Gasteiger partial charge in [0.05, 0.1) is 22.9 Å². The second-order valence-electron chi connectivity index (χ2n) is 3.99. The smallest absolute Gasteiger partial charge is 0.181 e. The van der Waals surface area contributed by atoms with Crippen LogP contribution < -0.4 is 11.1 Å². The Labute approximate surface area is 115 Å². The van der Waals surface area contributed by atoms with Crippen LogP contribution in [0.5, 0.6) is 0 Å². The summed E-state index contributed by atoms with van der Waals surface area (Å²) in [4.78, 5) is 11.9. The highest BCUT2D eigenvalue weighted by molar-refractivity contribution is 6.33. The first-order chi connectivity index (χ1) is 9.08. The summed E-state index contributed by atoms with van der Waals surface area (Å²) in [5.41, 5.74) is 6.70. The number of anilines is 2. The Kier molecular flexibility index (Phi) is 4.02. The van der Waals surface area contributed by atoms with Crippen LogP contribution >= 0.6 is 11.6 Å². The number of hydrogen-bond donors (Lipinski definition) is 2. The summed E-state index contributed by atoms with van der Waals surface area (Å²) in [6.45, 7) is -0.0119. The van der Waals surface area contributed by atoms with E-state index in [1.54, 1.807) is 30.3 Å². The lowest BCUT2D eigenvalue weighted by Crippen LogP contribution is -2.15. The van der Waals surface area contributed by atoms with Gasteiger partial charge in [-0.15, -0.1) is 0 Å². The summed E-state index contributed by atoms with van der Waals surface area (Å²) >= 11 is 5.78. The van der Waals surface area contributed by atoms with Crippen molar-refractivity contribution in [3.05, 3.63) is 58.9 Å². The summed E-state index contributed by atoms with van der Waals surface area (Å²) in [5, 5.41) is 3.15. The van der Waals surface area contributed by atoms with Gasteiger partial charge in [0.25, 0.3) is 0 Å². The van der Waals surface area contributed by atoms with Crippen molar-refractivity contribution >= 4 is 28.8 Å². The average Bonchev–Trinajstić information content (AvgIpc) is 2.40. The molecule has 19 heavy (non-hydrogen) atoms. The molecule has 0 heterocycles. The van der Waals surface area contributed by atoms with Gasteiger partial charge in [-0.2, -0.15) is 0 Å². The summed E-state index contributed by atoms with van der Waals surface area (Å²) in [7, 11) is 0. The second kappa shape index (κ2) is 5.71. The molecule has 98 valence electrons. The third-order valence-electron chi connectivity index (χ3n) is 2.63. The van der Waals surface area contributed by atoms with E-state index in [9.17, 15) is 9.18 Å². The van der Waals surface area contributed by atoms with Crippen molar-refractivity contribution < 1.29 is 9.18 Å². The first-order valence-corrected chi connectivity index (χ1v) is 6.02. The van der Waals surface area contributed by atoms with Crippen molar-refractivity contribution in [2.24, 2.45) is 0 Å². The highest BCUT2D eigenvalue weighted by Crippen LogP contribution is 2.20. The molecule has 0 fully saturated rings. The van der Waals surface area contributed by atoms with Gasteiger partial charge in [-0.05, 0) is 30.3 Å². The minimum atomic E-state index is -0.397. The number of carbonyl (C=O) groups is 1. The van der Waals surface area contributed by atoms with E-state index < -0.39 is 5.82 Å². The Morgan fingerprint density at radius 2 is 2.00 bits per heavy atom. The van der Waals surface area contributed by atoms with Crippen LogP contribution in [0.15, 0.2) is 42.5 Å². The van der Waals surface area contributed by atoms with Gasteiger partial charge in [-0.25, -0.2) is 4.39 Å². The van der Waals surface area contributed by atoms with E-state index in [4.69, 9.17) is 17.3 Å². The van der Waals surface area contributed by atoms with E-state index in [1.165, 1.54) is 12.1 Å². The molecule has 3 nitrogen and oxygen atoms in total. The number of benzene rings is 2. The highest BCUT2D eigenvalue weighted by atomic mass is 35.5. The van der Waals surface area contributed by atoms with Gasteiger partial charge in [0, 0.05) is 5.56 Å². The molecule has 0 aromatic heterocycles. The fourth-order valence-electron chi connectivity index (χ4n) is 1.60. The van der Waals surface area contributed by atoms with Gasteiger partial charge in [0.2, 0.25) is 0 Å². The van der Waals surface area contributed by atoms with Gasteiger partial charge in [0.15, 0.2) is 5.78 Å². The molecule has 2 aromatic carbocycles. The third kappa shape index (κ3) is 3.23. The molecule has 0 bridgehead atoms. The molecule has 0 aliphatic carbocycles. The van der Waals surface area contributed by atoms with Gasteiger partial charge in [0.1, 0.15) is 5.82 Å². The van der Waals surface area contributed by atoms with Crippen LogP contribution in [0.4, 0.5) is 15.8 Å². The van der Waals surface area contributed by atoms with Crippen molar-refractivity contribution in [2.75, 3.05) is 17.6 Å². The molecule has 0 atom stereocenters. The molecule has 3 N–H and O–H groups in total. The van der Waals surface area contributed by atoms with Crippen LogP contribution in [0.2, 0.25) is 5.02 Å². The maximum absolute atomic E-state index is 13.3. The summed E-state index contributed by atoms with van der Waals surface area (Å²) in [6.07, 6.45) is 0. The number of hydrogen-bond acceptors (Lipinski definition) is 3. The van der Waals surface area contributed by atoms with E-state index in [0.29, 0.717) is 16.3 Å². The topological polar surface area (TPSA) is 55.1 Å². The number of para-hydroxylation sites is 1. The molecule has 0 aliphatic rings. The Hall–Kier alpha value is -2.07. The minimum absolute atomic E-state index is 0.0119. The molecule has 0 spiro atoms.